The number of aromatic nitrogens is 2. The zero-order chi connectivity index (χ0) is 15.5. The first kappa shape index (κ1) is 14.6. The van der Waals surface area contributed by atoms with E-state index in [4.69, 9.17) is 0 Å². The molecule has 2 heterocycles. The van der Waals surface area contributed by atoms with E-state index in [1.807, 2.05) is 11.0 Å². The molecular weight excluding hydrogens is 281 g/mol. The van der Waals surface area contributed by atoms with E-state index in [1.165, 1.54) is 6.07 Å². The van der Waals surface area contributed by atoms with E-state index in [1.54, 1.807) is 31.5 Å². The number of benzene rings is 1. The van der Waals surface area contributed by atoms with Crippen LogP contribution in [0.2, 0.25) is 0 Å². The third-order valence-electron chi connectivity index (χ3n) is 4.09. The second-order valence-electron chi connectivity index (χ2n) is 5.53. The number of carbonyl (C=O) groups excluding carboxylic acids is 1. The summed E-state index contributed by atoms with van der Waals surface area (Å²) in [7, 11) is 0. The van der Waals surface area contributed by atoms with Crippen LogP contribution in [0.25, 0.3) is 0 Å². The van der Waals surface area contributed by atoms with E-state index in [0.29, 0.717) is 12.0 Å². The molecule has 0 aliphatic carbocycles. The maximum absolute atomic E-state index is 13.9. The Morgan fingerprint density at radius 2 is 2.09 bits per heavy atom. The van der Waals surface area contributed by atoms with E-state index in [9.17, 15) is 9.18 Å². The number of amides is 1. The van der Waals surface area contributed by atoms with Gasteiger partial charge in [-0.3, -0.25) is 14.8 Å². The lowest BCUT2D eigenvalue weighted by Gasteiger charge is -2.24. The lowest BCUT2D eigenvalue weighted by molar-refractivity contribution is -0.129. The van der Waals surface area contributed by atoms with Crippen LogP contribution in [0.5, 0.6) is 0 Å². The van der Waals surface area contributed by atoms with Crippen LogP contribution in [-0.4, -0.2) is 27.3 Å². The van der Waals surface area contributed by atoms with Crippen LogP contribution < -0.4 is 0 Å². The van der Waals surface area contributed by atoms with Gasteiger partial charge in [0.05, 0.1) is 17.4 Å². The first-order valence-corrected chi connectivity index (χ1v) is 7.47. The largest absolute Gasteiger partial charge is 0.334 e. The summed E-state index contributed by atoms with van der Waals surface area (Å²) >= 11 is 0. The lowest BCUT2D eigenvalue weighted by atomic mass is 10.0. The zero-order valence-corrected chi connectivity index (χ0v) is 12.5. The molecule has 0 bridgehead atoms. The van der Waals surface area contributed by atoms with Crippen molar-refractivity contribution in [2.45, 2.75) is 32.2 Å². The van der Waals surface area contributed by atoms with E-state index in [0.717, 1.165) is 30.8 Å². The third-order valence-corrected chi connectivity index (χ3v) is 4.09. The van der Waals surface area contributed by atoms with Crippen molar-refractivity contribution in [1.82, 2.24) is 14.9 Å². The highest BCUT2D eigenvalue weighted by Gasteiger charge is 2.31. The minimum Gasteiger partial charge on any atom is -0.334 e. The molecule has 1 fully saturated rings. The summed E-state index contributed by atoms with van der Waals surface area (Å²) in [6.07, 6.45) is 5.48. The Hall–Kier alpha value is -2.30. The average Bonchev–Trinajstić information content (AvgIpc) is 3.00. The van der Waals surface area contributed by atoms with Crippen LogP contribution in [0.3, 0.4) is 0 Å². The third kappa shape index (κ3) is 2.84. The molecule has 114 valence electrons. The van der Waals surface area contributed by atoms with Crippen molar-refractivity contribution < 1.29 is 9.18 Å². The minimum absolute atomic E-state index is 0.0463. The van der Waals surface area contributed by atoms with Gasteiger partial charge in [-0.25, -0.2) is 4.39 Å². The van der Waals surface area contributed by atoms with Crippen LogP contribution in [0.15, 0.2) is 36.7 Å². The van der Waals surface area contributed by atoms with Crippen LogP contribution in [0.1, 0.15) is 42.8 Å². The van der Waals surface area contributed by atoms with E-state index < -0.39 is 0 Å². The van der Waals surface area contributed by atoms with Gasteiger partial charge in [0.15, 0.2) is 0 Å². The number of likely N-dealkylation sites (tertiary alicyclic amines) is 1. The summed E-state index contributed by atoms with van der Waals surface area (Å²) in [6.45, 7) is 2.32. The number of carbonyl (C=O) groups is 1. The Morgan fingerprint density at radius 3 is 2.86 bits per heavy atom. The van der Waals surface area contributed by atoms with Crippen molar-refractivity contribution in [1.29, 1.82) is 0 Å². The number of nitrogens with zero attached hydrogens (tertiary/aromatic N) is 3. The van der Waals surface area contributed by atoms with Gasteiger partial charge in [-0.2, -0.15) is 0 Å². The van der Waals surface area contributed by atoms with Crippen LogP contribution >= 0.6 is 0 Å². The Labute approximate surface area is 129 Å². The smallest absolute Gasteiger partial charge is 0.220 e. The number of halogens is 1. The Balaban J connectivity index is 1.93. The number of rotatable bonds is 3. The standard InChI is InChI=1S/C17H18FN3O/c1-12(22)21-10-4-7-16(21)17-15(19-8-9-20-17)11-13-5-2-3-6-14(13)18/h2-3,5-6,8-9,16H,4,7,10-11H2,1H3/t16-/m1/s1. The van der Waals surface area contributed by atoms with Gasteiger partial charge in [0.1, 0.15) is 5.82 Å². The second-order valence-corrected chi connectivity index (χ2v) is 5.53. The highest BCUT2D eigenvalue weighted by molar-refractivity contribution is 5.74. The Bertz CT molecular complexity index is 689. The van der Waals surface area contributed by atoms with Gasteiger partial charge in [-0.05, 0) is 24.5 Å². The molecule has 1 aromatic heterocycles. The molecule has 3 rings (SSSR count). The molecule has 22 heavy (non-hydrogen) atoms. The summed E-state index contributed by atoms with van der Waals surface area (Å²) in [5, 5.41) is 0. The summed E-state index contributed by atoms with van der Waals surface area (Å²) in [5.74, 6) is -0.195. The maximum atomic E-state index is 13.9. The average molecular weight is 299 g/mol. The Kier molecular flexibility index (Phi) is 4.13. The van der Waals surface area contributed by atoms with Crippen LogP contribution in [-0.2, 0) is 11.2 Å². The fraction of sp³-hybridized carbons (Fsp3) is 0.353. The predicted molar refractivity (Wildman–Crippen MR) is 80.6 cm³/mol. The lowest BCUT2D eigenvalue weighted by Crippen LogP contribution is -2.29. The van der Waals surface area contributed by atoms with Gasteiger partial charge in [0.2, 0.25) is 5.91 Å². The van der Waals surface area contributed by atoms with Crippen molar-refractivity contribution in [3.63, 3.8) is 0 Å². The molecule has 1 aliphatic heterocycles. The monoisotopic (exact) mass is 299 g/mol. The molecule has 0 spiro atoms. The van der Waals surface area contributed by atoms with Crippen molar-refractivity contribution in [2.24, 2.45) is 0 Å². The second kappa shape index (κ2) is 6.22. The molecule has 4 nitrogen and oxygen atoms in total. The molecule has 1 amide bonds. The zero-order valence-electron chi connectivity index (χ0n) is 12.5. The van der Waals surface area contributed by atoms with Crippen LogP contribution in [0, 0.1) is 5.82 Å². The molecule has 1 atom stereocenters. The van der Waals surface area contributed by atoms with E-state index in [-0.39, 0.29) is 17.8 Å². The topological polar surface area (TPSA) is 46.1 Å². The predicted octanol–water partition coefficient (Wildman–Crippen LogP) is 2.89. The quantitative estimate of drug-likeness (QED) is 0.875. The summed E-state index contributed by atoms with van der Waals surface area (Å²) in [4.78, 5) is 22.4. The van der Waals surface area contributed by atoms with Crippen molar-refractivity contribution >= 4 is 5.91 Å². The Morgan fingerprint density at radius 1 is 1.32 bits per heavy atom. The van der Waals surface area contributed by atoms with Crippen molar-refractivity contribution in [3.05, 3.63) is 59.4 Å². The van der Waals surface area contributed by atoms with Gasteiger partial charge in [0.25, 0.3) is 0 Å². The van der Waals surface area contributed by atoms with Gasteiger partial charge < -0.3 is 4.90 Å². The summed E-state index contributed by atoms with van der Waals surface area (Å²) in [6, 6.07) is 6.64. The normalized spacial score (nSPS) is 17.7. The molecule has 1 aliphatic rings. The molecule has 5 heteroatoms. The summed E-state index contributed by atoms with van der Waals surface area (Å²) in [5.41, 5.74) is 2.13. The van der Waals surface area contributed by atoms with Crippen LogP contribution in [0.4, 0.5) is 4.39 Å². The molecule has 1 aromatic carbocycles. The fourth-order valence-corrected chi connectivity index (χ4v) is 3.04. The van der Waals surface area contributed by atoms with E-state index in [2.05, 4.69) is 9.97 Å². The SMILES string of the molecule is CC(=O)N1CCC[C@@H]1c1nccnc1Cc1ccccc1F. The van der Waals surface area contributed by atoms with Gasteiger partial charge in [-0.1, -0.05) is 18.2 Å². The fourth-order valence-electron chi connectivity index (χ4n) is 3.04. The first-order chi connectivity index (χ1) is 10.7. The van der Waals surface area contributed by atoms with Crippen molar-refractivity contribution in [3.8, 4) is 0 Å². The maximum Gasteiger partial charge on any atom is 0.220 e. The van der Waals surface area contributed by atoms with Gasteiger partial charge in [-0.15, -0.1) is 0 Å². The molecular formula is C17H18FN3O. The minimum atomic E-state index is -0.242. The number of hydrogen-bond donors (Lipinski definition) is 0. The molecule has 0 radical (unpaired) electrons. The number of hydrogen-bond acceptors (Lipinski definition) is 3. The highest BCUT2D eigenvalue weighted by atomic mass is 19.1. The molecule has 2 aromatic rings. The summed E-state index contributed by atoms with van der Waals surface area (Å²) < 4.78 is 13.9. The van der Waals surface area contributed by atoms with Crippen molar-refractivity contribution in [2.75, 3.05) is 6.54 Å². The first-order valence-electron chi connectivity index (χ1n) is 7.47. The van der Waals surface area contributed by atoms with E-state index >= 15 is 0 Å². The van der Waals surface area contributed by atoms with Gasteiger partial charge >= 0.3 is 0 Å². The highest BCUT2D eigenvalue weighted by Crippen LogP contribution is 2.32. The van der Waals surface area contributed by atoms with Gasteiger partial charge in [0, 0.05) is 32.3 Å². The molecule has 1 saturated heterocycles. The molecule has 0 unspecified atom stereocenters. The molecule has 0 saturated carbocycles. The molecule has 0 N–H and O–H groups in total.